The maximum Gasteiger partial charge on any atom is 0.408 e. The van der Waals surface area contributed by atoms with Crippen molar-refractivity contribution in [3.8, 4) is 0 Å². The average Bonchev–Trinajstić information content (AvgIpc) is 2.78. The number of thiol groups is 1. The van der Waals surface area contributed by atoms with E-state index in [2.05, 4.69) is 37.1 Å². The maximum atomic E-state index is 13.6. The highest BCUT2D eigenvalue weighted by Gasteiger charge is 2.35. The van der Waals surface area contributed by atoms with E-state index in [4.69, 9.17) is 4.74 Å². The van der Waals surface area contributed by atoms with Gasteiger partial charge in [-0.25, -0.2) is 4.79 Å². The number of nitrogens with one attached hydrogen (secondary N) is 2. The zero-order valence-electron chi connectivity index (χ0n) is 21.6. The molecule has 0 aromatic heterocycles. The van der Waals surface area contributed by atoms with E-state index < -0.39 is 23.8 Å². The summed E-state index contributed by atoms with van der Waals surface area (Å²) in [5, 5.41) is 5.63. The predicted molar refractivity (Wildman–Crippen MR) is 140 cm³/mol. The second-order valence-corrected chi connectivity index (χ2v) is 9.77. The number of carbonyl (C=O) groups excluding carboxylic acids is 3. The maximum absolute atomic E-state index is 13.6. The fourth-order valence-electron chi connectivity index (χ4n) is 3.53. The van der Waals surface area contributed by atoms with Crippen molar-refractivity contribution in [1.82, 2.24) is 15.5 Å². The van der Waals surface area contributed by atoms with E-state index in [1.54, 1.807) is 25.7 Å². The van der Waals surface area contributed by atoms with Gasteiger partial charge in [-0.2, -0.15) is 12.6 Å². The molecule has 0 fully saturated rings. The summed E-state index contributed by atoms with van der Waals surface area (Å²) >= 11 is 4.30. The highest BCUT2D eigenvalue weighted by Crippen LogP contribution is 2.24. The molecule has 2 atom stereocenters. The molecule has 0 aliphatic heterocycles. The Morgan fingerprint density at radius 1 is 1.03 bits per heavy atom. The zero-order valence-corrected chi connectivity index (χ0v) is 22.5. The van der Waals surface area contributed by atoms with Crippen molar-refractivity contribution in [1.29, 1.82) is 0 Å². The van der Waals surface area contributed by atoms with Crippen molar-refractivity contribution in [2.24, 2.45) is 0 Å². The van der Waals surface area contributed by atoms with Crippen molar-refractivity contribution >= 4 is 30.5 Å². The van der Waals surface area contributed by atoms with Crippen LogP contribution in [0.15, 0.2) is 24.3 Å². The smallest absolute Gasteiger partial charge is 0.408 e. The first kappa shape index (κ1) is 29.8. The molecule has 1 aromatic rings. The van der Waals surface area contributed by atoms with Gasteiger partial charge in [-0.3, -0.25) is 9.59 Å². The number of amides is 3. The number of alkyl carbamates (subject to hydrolysis) is 1. The molecule has 2 N–H and O–H groups in total. The van der Waals surface area contributed by atoms with Crippen LogP contribution in [0.5, 0.6) is 0 Å². The summed E-state index contributed by atoms with van der Waals surface area (Å²) in [7, 11) is 0. The molecule has 3 amide bonds. The van der Waals surface area contributed by atoms with Crippen LogP contribution in [0.3, 0.4) is 0 Å². The number of rotatable bonds is 13. The fourth-order valence-corrected chi connectivity index (χ4v) is 3.78. The molecular weight excluding hydrogens is 450 g/mol. The summed E-state index contributed by atoms with van der Waals surface area (Å²) < 4.78 is 5.32. The normalized spacial score (nSPS) is 13.0. The number of hydrogen-bond donors (Lipinski definition) is 3. The lowest BCUT2D eigenvalue weighted by Gasteiger charge is -2.34. The third-order valence-corrected chi connectivity index (χ3v) is 5.63. The van der Waals surface area contributed by atoms with Gasteiger partial charge in [0.25, 0.3) is 0 Å². The third-order valence-electron chi connectivity index (χ3n) is 5.26. The van der Waals surface area contributed by atoms with Crippen molar-refractivity contribution in [3.05, 3.63) is 35.4 Å². The molecule has 192 valence electrons. The number of unbranched alkanes of at least 4 members (excludes halogenated alkanes) is 2. The van der Waals surface area contributed by atoms with Crippen LogP contribution in [0, 0.1) is 0 Å². The Morgan fingerprint density at radius 3 is 2.18 bits per heavy atom. The van der Waals surface area contributed by atoms with Crippen LogP contribution in [0.1, 0.15) is 84.4 Å². The minimum Gasteiger partial charge on any atom is -0.444 e. The molecule has 0 aliphatic rings. The molecule has 0 saturated heterocycles. The Balaban J connectivity index is 3.24. The van der Waals surface area contributed by atoms with E-state index in [1.165, 1.54) is 0 Å². The topological polar surface area (TPSA) is 87.7 Å². The molecule has 0 heterocycles. The summed E-state index contributed by atoms with van der Waals surface area (Å²) in [5.41, 5.74) is 1.19. The number of hydrogen-bond acceptors (Lipinski definition) is 5. The first-order valence-corrected chi connectivity index (χ1v) is 13.0. The van der Waals surface area contributed by atoms with Gasteiger partial charge in [-0.05, 0) is 51.2 Å². The first-order chi connectivity index (χ1) is 16.1. The van der Waals surface area contributed by atoms with Crippen LogP contribution in [-0.4, -0.2) is 53.3 Å². The zero-order chi connectivity index (χ0) is 25.7. The van der Waals surface area contributed by atoms with Crippen molar-refractivity contribution in [3.63, 3.8) is 0 Å². The van der Waals surface area contributed by atoms with Crippen LogP contribution in [-0.2, 0) is 20.7 Å². The minimum atomic E-state index is -0.921. The predicted octanol–water partition coefficient (Wildman–Crippen LogP) is 4.66. The summed E-state index contributed by atoms with van der Waals surface area (Å²) in [6, 6.07) is 6.05. The lowest BCUT2D eigenvalue weighted by Crippen LogP contribution is -2.54. The molecule has 0 spiro atoms. The van der Waals surface area contributed by atoms with Crippen molar-refractivity contribution < 1.29 is 19.1 Å². The average molecular weight is 494 g/mol. The molecule has 0 bridgehead atoms. The van der Waals surface area contributed by atoms with E-state index in [-0.39, 0.29) is 17.6 Å². The van der Waals surface area contributed by atoms with E-state index >= 15 is 0 Å². The van der Waals surface area contributed by atoms with Crippen LogP contribution in [0.4, 0.5) is 4.79 Å². The van der Waals surface area contributed by atoms with Gasteiger partial charge in [-0.15, -0.1) is 0 Å². The number of carbonyl (C=O) groups is 3. The van der Waals surface area contributed by atoms with Crippen molar-refractivity contribution in [2.75, 3.05) is 18.8 Å². The summed E-state index contributed by atoms with van der Waals surface area (Å²) in [5.74, 6) is -0.508. The van der Waals surface area contributed by atoms with Gasteiger partial charge in [0, 0.05) is 18.8 Å². The Kier molecular flexibility index (Phi) is 13.1. The van der Waals surface area contributed by atoms with E-state index in [0.717, 1.165) is 36.8 Å². The lowest BCUT2D eigenvalue weighted by molar-refractivity contribution is -0.142. The quantitative estimate of drug-likeness (QED) is 0.276. The Hall–Kier alpha value is -2.22. The van der Waals surface area contributed by atoms with Crippen LogP contribution < -0.4 is 10.6 Å². The molecule has 0 saturated carbocycles. The van der Waals surface area contributed by atoms with E-state index in [0.29, 0.717) is 19.5 Å². The van der Waals surface area contributed by atoms with Gasteiger partial charge < -0.3 is 20.3 Å². The van der Waals surface area contributed by atoms with Gasteiger partial charge in [0.2, 0.25) is 11.8 Å². The second-order valence-electron chi connectivity index (χ2n) is 9.41. The highest BCUT2D eigenvalue weighted by molar-refractivity contribution is 7.80. The number of ether oxygens (including phenoxy) is 1. The monoisotopic (exact) mass is 493 g/mol. The number of nitrogens with zero attached hydrogens (tertiary/aromatic N) is 1. The van der Waals surface area contributed by atoms with Gasteiger partial charge in [0.15, 0.2) is 0 Å². The standard InChI is InChI=1S/C26H43N3O4S/c1-7-10-11-16-27-23(30)22(20-14-12-19(9-3)13-15-20)29(17-8-2)24(31)21(18-34)28-25(32)33-26(4,5)6/h12-15,21-22,34H,7-11,16-18H2,1-6H3,(H,27,30)(H,28,32). The lowest BCUT2D eigenvalue weighted by atomic mass is 10.0. The largest absolute Gasteiger partial charge is 0.444 e. The molecule has 0 radical (unpaired) electrons. The summed E-state index contributed by atoms with van der Waals surface area (Å²) in [4.78, 5) is 40.9. The van der Waals surface area contributed by atoms with Gasteiger partial charge >= 0.3 is 6.09 Å². The van der Waals surface area contributed by atoms with Crippen LogP contribution >= 0.6 is 12.6 Å². The van der Waals surface area contributed by atoms with Crippen LogP contribution in [0.25, 0.3) is 0 Å². The second kappa shape index (κ2) is 14.9. The Morgan fingerprint density at radius 2 is 1.68 bits per heavy atom. The molecule has 1 aromatic carbocycles. The van der Waals surface area contributed by atoms with Crippen LogP contribution in [0.2, 0.25) is 0 Å². The SMILES string of the molecule is CCCCCNC(=O)C(c1ccc(CC)cc1)N(CCC)C(=O)C(CS)NC(=O)OC(C)(C)C. The molecule has 8 heteroatoms. The van der Waals surface area contributed by atoms with Gasteiger partial charge in [-0.1, -0.05) is 57.9 Å². The molecule has 0 aliphatic carbocycles. The molecule has 1 rings (SSSR count). The van der Waals surface area contributed by atoms with E-state index in [1.807, 2.05) is 31.2 Å². The molecule has 34 heavy (non-hydrogen) atoms. The van der Waals surface area contributed by atoms with E-state index in [9.17, 15) is 14.4 Å². The third kappa shape index (κ3) is 9.95. The highest BCUT2D eigenvalue weighted by atomic mass is 32.1. The van der Waals surface area contributed by atoms with Gasteiger partial charge in [0.1, 0.15) is 17.7 Å². The molecular formula is C26H43N3O4S. The fraction of sp³-hybridized carbons (Fsp3) is 0.654. The number of aryl methyl sites for hydroxylation is 1. The van der Waals surface area contributed by atoms with Gasteiger partial charge in [0.05, 0.1) is 0 Å². The number of benzene rings is 1. The Bertz CT molecular complexity index is 777. The summed E-state index contributed by atoms with van der Waals surface area (Å²) in [6.07, 6.45) is 3.81. The summed E-state index contributed by atoms with van der Waals surface area (Å²) in [6.45, 7) is 12.3. The molecule has 2 unspecified atom stereocenters. The minimum absolute atomic E-state index is 0.0813. The van der Waals surface area contributed by atoms with Crippen molar-refractivity contribution in [2.45, 2.75) is 91.3 Å². The molecule has 7 nitrogen and oxygen atoms in total. The Labute approximate surface area is 210 Å². The first-order valence-electron chi connectivity index (χ1n) is 12.3.